The third-order valence-corrected chi connectivity index (χ3v) is 12.9. The Hall–Kier alpha value is -3.23. The summed E-state index contributed by atoms with van der Waals surface area (Å²) in [4.78, 5) is 35.8. The first-order valence-electron chi connectivity index (χ1n) is 27.0. The molecule has 6 N–H and O–H groups in total. The third kappa shape index (κ3) is 37.2. The SMILES string of the molecule is CC/C=C/C/C=C/C/C=C/C/C=C/C/C=C/C/C=C/CCC(=O)O[C@@H](COC(=O)CCC/C=C/CC/C=C/CCCCCCCCCCCCCCCC)COP(=O)(O)OC1C(O)C(O)C(O)[C@H](O)C1O. The molecule has 13 nitrogen and oxygen atoms in total. The average molecular weight is 1020 g/mol. The maximum atomic E-state index is 12.9. The van der Waals surface area contributed by atoms with Gasteiger partial charge < -0.3 is 39.9 Å². The average Bonchev–Trinajstić information content (AvgIpc) is 3.35. The molecule has 0 spiro atoms. The Kier molecular flexibility index (Phi) is 42.1. The molecule has 0 radical (unpaired) electrons. The molecule has 6 unspecified atom stereocenters. The predicted molar refractivity (Wildman–Crippen MR) is 285 cm³/mol. The van der Waals surface area contributed by atoms with Crippen LogP contribution in [-0.4, -0.2) is 98.3 Å². The van der Waals surface area contributed by atoms with E-state index in [1.54, 1.807) is 0 Å². The van der Waals surface area contributed by atoms with E-state index in [9.17, 15) is 44.6 Å². The Morgan fingerprint density at radius 1 is 0.451 bits per heavy atom. The van der Waals surface area contributed by atoms with Crippen molar-refractivity contribution in [2.24, 2.45) is 0 Å². The highest BCUT2D eigenvalue weighted by atomic mass is 31.2. The minimum atomic E-state index is -5.16. The summed E-state index contributed by atoms with van der Waals surface area (Å²) in [5.74, 6) is -1.25. The summed E-state index contributed by atoms with van der Waals surface area (Å²) >= 11 is 0. The van der Waals surface area contributed by atoms with Crippen LogP contribution >= 0.6 is 7.82 Å². The molecule has 0 heterocycles. The summed E-state index contributed by atoms with van der Waals surface area (Å²) in [6, 6.07) is 0. The lowest BCUT2D eigenvalue weighted by atomic mass is 9.85. The molecule has 0 aromatic heterocycles. The lowest BCUT2D eigenvalue weighted by Crippen LogP contribution is -2.64. The van der Waals surface area contributed by atoms with Crippen LogP contribution in [0, 0.1) is 0 Å². The van der Waals surface area contributed by atoms with Crippen LogP contribution in [0.25, 0.3) is 0 Å². The Morgan fingerprint density at radius 3 is 1.32 bits per heavy atom. The van der Waals surface area contributed by atoms with E-state index in [1.807, 2.05) is 24.3 Å². The van der Waals surface area contributed by atoms with Gasteiger partial charge in [-0.3, -0.25) is 18.6 Å². The highest BCUT2D eigenvalue weighted by Gasteiger charge is 2.51. The standard InChI is InChI=1S/C57H95O13P/c1-3-5-7-9-11-13-15-17-19-21-23-24-25-26-28-29-31-33-35-37-39-41-43-45-50(58)67-47-49(48-68-71(65,66)70-57-55(63)53(61)52(60)54(62)56(57)64)69-51(59)46-44-42-40-38-36-34-32-30-27-22-20-18-16-14-12-10-8-6-4-2/h6,8,12,14,18,20,27,29-31,34,36-37,39-40,42,49,52-57,60-64H,3-5,7,9-11,13,15-17,19,21-26,28,32-33,35,38,41,43-48H2,1-2H3,(H,65,66)/b8-6+,14-12+,20-18+,30-27+,31-29+,36-34+,39-37+,42-40+/t49-,52?,53-,54?,55?,56?,57?/m0/s1. The number of carbonyl (C=O) groups excluding carboxylic acids is 2. The second-order valence-electron chi connectivity index (χ2n) is 18.3. The van der Waals surface area contributed by atoms with Gasteiger partial charge in [0, 0.05) is 12.8 Å². The normalized spacial score (nSPS) is 21.4. The zero-order valence-corrected chi connectivity index (χ0v) is 44.4. The minimum absolute atomic E-state index is 0.0416. The van der Waals surface area contributed by atoms with Crippen LogP contribution in [-0.2, 0) is 32.7 Å². The molecule has 1 aliphatic carbocycles. The van der Waals surface area contributed by atoms with Gasteiger partial charge in [-0.15, -0.1) is 0 Å². The Balaban J connectivity index is 2.45. The van der Waals surface area contributed by atoms with Gasteiger partial charge >= 0.3 is 19.8 Å². The van der Waals surface area contributed by atoms with Gasteiger partial charge in [-0.2, -0.15) is 0 Å². The number of carbonyl (C=O) groups is 2. The van der Waals surface area contributed by atoms with Crippen molar-refractivity contribution in [3.63, 3.8) is 0 Å². The van der Waals surface area contributed by atoms with E-state index in [2.05, 4.69) is 86.8 Å². The van der Waals surface area contributed by atoms with E-state index < -0.39 is 75.7 Å². The van der Waals surface area contributed by atoms with Gasteiger partial charge in [0.15, 0.2) is 6.10 Å². The van der Waals surface area contributed by atoms with Crippen molar-refractivity contribution in [1.82, 2.24) is 0 Å². The second-order valence-corrected chi connectivity index (χ2v) is 19.7. The van der Waals surface area contributed by atoms with Crippen molar-refractivity contribution in [2.75, 3.05) is 13.2 Å². The quantitative estimate of drug-likeness (QED) is 0.0145. The predicted octanol–water partition coefficient (Wildman–Crippen LogP) is 12.2. The minimum Gasteiger partial charge on any atom is -0.462 e. The van der Waals surface area contributed by atoms with Gasteiger partial charge in [0.05, 0.1) is 6.61 Å². The molecule has 0 bridgehead atoms. The van der Waals surface area contributed by atoms with Crippen LogP contribution in [0.2, 0.25) is 0 Å². The number of hydrogen-bond donors (Lipinski definition) is 6. The number of aliphatic hydroxyl groups excluding tert-OH is 5. The molecule has 1 aliphatic rings. The summed E-state index contributed by atoms with van der Waals surface area (Å²) in [6.07, 6.45) is 49.1. The van der Waals surface area contributed by atoms with Gasteiger partial charge in [-0.1, -0.05) is 195 Å². The van der Waals surface area contributed by atoms with Crippen molar-refractivity contribution in [3.05, 3.63) is 97.2 Å². The summed E-state index contributed by atoms with van der Waals surface area (Å²) < 4.78 is 33.5. The topological polar surface area (TPSA) is 210 Å². The lowest BCUT2D eigenvalue weighted by Gasteiger charge is -2.41. The fourth-order valence-corrected chi connectivity index (χ4v) is 8.60. The van der Waals surface area contributed by atoms with E-state index in [4.69, 9.17) is 18.5 Å². The molecular weight excluding hydrogens is 924 g/mol. The van der Waals surface area contributed by atoms with E-state index in [-0.39, 0.29) is 12.8 Å². The number of phosphoric ester groups is 1. The van der Waals surface area contributed by atoms with E-state index in [0.717, 1.165) is 51.4 Å². The first kappa shape index (κ1) is 65.8. The van der Waals surface area contributed by atoms with Crippen molar-refractivity contribution in [1.29, 1.82) is 0 Å². The number of phosphoric acid groups is 1. The zero-order valence-electron chi connectivity index (χ0n) is 43.5. The molecule has 8 atom stereocenters. The van der Waals surface area contributed by atoms with E-state index >= 15 is 0 Å². The van der Waals surface area contributed by atoms with Crippen molar-refractivity contribution < 1.29 is 63.1 Å². The molecule has 0 amide bonds. The Labute approximate surface area is 428 Å². The smallest absolute Gasteiger partial charge is 0.462 e. The van der Waals surface area contributed by atoms with Crippen LogP contribution in [0.15, 0.2) is 97.2 Å². The third-order valence-electron chi connectivity index (χ3n) is 11.9. The van der Waals surface area contributed by atoms with E-state index in [0.29, 0.717) is 25.7 Å². The van der Waals surface area contributed by atoms with Crippen LogP contribution < -0.4 is 0 Å². The molecule has 0 saturated heterocycles. The zero-order chi connectivity index (χ0) is 52.1. The number of rotatable bonds is 44. The first-order valence-corrected chi connectivity index (χ1v) is 28.5. The summed E-state index contributed by atoms with van der Waals surface area (Å²) in [5.41, 5.74) is 0. The maximum Gasteiger partial charge on any atom is 0.472 e. The van der Waals surface area contributed by atoms with Crippen LogP contribution in [0.5, 0.6) is 0 Å². The fourth-order valence-electron chi connectivity index (χ4n) is 7.63. The van der Waals surface area contributed by atoms with Crippen LogP contribution in [0.4, 0.5) is 0 Å². The second kappa shape index (κ2) is 45.4. The van der Waals surface area contributed by atoms with Crippen molar-refractivity contribution in [3.8, 4) is 0 Å². The molecule has 14 heteroatoms. The first-order chi connectivity index (χ1) is 34.4. The van der Waals surface area contributed by atoms with Crippen LogP contribution in [0.3, 0.4) is 0 Å². The highest BCUT2D eigenvalue weighted by Crippen LogP contribution is 2.47. The largest absolute Gasteiger partial charge is 0.472 e. The molecular formula is C57H95O13P. The molecule has 71 heavy (non-hydrogen) atoms. The Morgan fingerprint density at radius 2 is 0.845 bits per heavy atom. The number of aliphatic hydroxyl groups is 5. The molecule has 1 saturated carbocycles. The maximum absolute atomic E-state index is 12.9. The molecule has 1 fully saturated rings. The summed E-state index contributed by atoms with van der Waals surface area (Å²) in [6.45, 7) is 3.11. The molecule has 406 valence electrons. The fraction of sp³-hybridized carbons (Fsp3) is 0.684. The summed E-state index contributed by atoms with van der Waals surface area (Å²) in [5, 5.41) is 50.3. The van der Waals surface area contributed by atoms with Crippen LogP contribution in [0.1, 0.15) is 194 Å². The van der Waals surface area contributed by atoms with Crippen molar-refractivity contribution >= 4 is 19.8 Å². The van der Waals surface area contributed by atoms with Gasteiger partial charge in [-0.25, -0.2) is 4.57 Å². The number of allylic oxidation sites excluding steroid dienone is 16. The number of unbranched alkanes of at least 4 members (excludes halogenated alkanes) is 16. The molecule has 1 rings (SSSR count). The van der Waals surface area contributed by atoms with Gasteiger partial charge in [0.2, 0.25) is 0 Å². The number of hydrogen-bond acceptors (Lipinski definition) is 12. The monoisotopic (exact) mass is 1020 g/mol. The van der Waals surface area contributed by atoms with Gasteiger partial charge in [-0.05, 0) is 83.5 Å². The van der Waals surface area contributed by atoms with Crippen molar-refractivity contribution in [2.45, 2.75) is 236 Å². The lowest BCUT2D eigenvalue weighted by molar-refractivity contribution is -0.220. The Bertz CT molecular complexity index is 1600. The molecule has 0 aromatic rings. The van der Waals surface area contributed by atoms with Gasteiger partial charge in [0.25, 0.3) is 0 Å². The highest BCUT2D eigenvalue weighted by molar-refractivity contribution is 7.47. The van der Waals surface area contributed by atoms with E-state index in [1.165, 1.54) is 89.9 Å². The van der Waals surface area contributed by atoms with Gasteiger partial charge in [0.1, 0.15) is 43.2 Å². The molecule has 0 aromatic carbocycles. The summed E-state index contributed by atoms with van der Waals surface area (Å²) in [7, 11) is -5.16. The number of esters is 2. The number of ether oxygens (including phenoxy) is 2. The molecule has 0 aliphatic heterocycles.